The van der Waals surface area contributed by atoms with E-state index >= 15 is 0 Å². The summed E-state index contributed by atoms with van der Waals surface area (Å²) in [7, 11) is 1.26. The van der Waals surface area contributed by atoms with Crippen molar-refractivity contribution in [2.24, 2.45) is 0 Å². The number of methoxy groups -OCH3 is 1. The number of H-pyrrole nitrogens is 1. The van der Waals surface area contributed by atoms with Crippen molar-refractivity contribution in [2.45, 2.75) is 13.0 Å². The van der Waals surface area contributed by atoms with Crippen LogP contribution in [-0.2, 0) is 9.53 Å². The molecule has 2 aromatic rings. The first kappa shape index (κ1) is 16.9. The van der Waals surface area contributed by atoms with Gasteiger partial charge in [0.15, 0.2) is 3.95 Å². The van der Waals surface area contributed by atoms with E-state index in [0.29, 0.717) is 20.5 Å². The summed E-state index contributed by atoms with van der Waals surface area (Å²) in [5.41, 5.74) is 6.70. The average Bonchev–Trinajstić information content (AvgIpc) is 2.93. The van der Waals surface area contributed by atoms with Crippen molar-refractivity contribution >= 4 is 52.1 Å². The van der Waals surface area contributed by atoms with E-state index in [4.69, 9.17) is 22.7 Å². The summed E-state index contributed by atoms with van der Waals surface area (Å²) >= 11 is 6.03. The zero-order valence-electron chi connectivity index (χ0n) is 12.4. The topological polar surface area (TPSA) is 113 Å². The Labute approximate surface area is 141 Å². The monoisotopic (exact) mass is 353 g/mol. The minimum absolute atomic E-state index is 0.303. The molecular weight excluding hydrogens is 338 g/mol. The molecule has 0 bridgehead atoms. The van der Waals surface area contributed by atoms with Gasteiger partial charge in [-0.1, -0.05) is 11.3 Å². The van der Waals surface area contributed by atoms with Gasteiger partial charge in [-0.15, -0.1) is 5.10 Å². The molecule has 0 saturated heterocycles. The van der Waals surface area contributed by atoms with Gasteiger partial charge in [0, 0.05) is 11.4 Å². The number of carbonyl (C=O) groups excluding carboxylic acids is 2. The maximum Gasteiger partial charge on any atom is 0.328 e. The van der Waals surface area contributed by atoms with E-state index in [1.54, 1.807) is 31.2 Å². The molecule has 8 nitrogen and oxygen atoms in total. The number of nitrogens with zero attached hydrogens (tertiary/aromatic N) is 2. The van der Waals surface area contributed by atoms with Crippen LogP contribution in [0.3, 0.4) is 0 Å². The van der Waals surface area contributed by atoms with Crippen LogP contribution in [0.5, 0.6) is 0 Å². The van der Waals surface area contributed by atoms with Gasteiger partial charge < -0.3 is 10.5 Å². The molecule has 0 spiro atoms. The molecule has 1 aromatic carbocycles. The molecule has 4 N–H and O–H groups in total. The van der Waals surface area contributed by atoms with Gasteiger partial charge in [-0.3, -0.25) is 15.3 Å². The first-order valence-electron chi connectivity index (χ1n) is 6.51. The molecular formula is C13H15N5O3S2. The number of amides is 2. The Balaban J connectivity index is 2.31. The van der Waals surface area contributed by atoms with E-state index in [1.165, 1.54) is 12.0 Å². The standard InChI is InChI=1S/C13H15N5O3S2/c1-7(10(19)21-2)18(9-5-3-8(14)4-6-9)12(20)15-11-16-17-13(22)23-11/h3-7H,14H2,1-2H3,(H,17,22)(H,15,16,20)/t7-/m0/s1. The van der Waals surface area contributed by atoms with E-state index in [1.807, 2.05) is 0 Å². The number of urea groups is 1. The second kappa shape index (κ2) is 7.20. The molecule has 0 fully saturated rings. The van der Waals surface area contributed by atoms with Gasteiger partial charge in [0.2, 0.25) is 5.13 Å². The largest absolute Gasteiger partial charge is 0.467 e. The number of hydrogen-bond donors (Lipinski definition) is 3. The smallest absolute Gasteiger partial charge is 0.328 e. The number of benzene rings is 1. The molecule has 2 rings (SSSR count). The lowest BCUT2D eigenvalue weighted by molar-refractivity contribution is -0.141. The van der Waals surface area contributed by atoms with Gasteiger partial charge in [0.05, 0.1) is 7.11 Å². The fourth-order valence-electron chi connectivity index (χ4n) is 1.86. The molecule has 122 valence electrons. The molecule has 1 atom stereocenters. The predicted octanol–water partition coefficient (Wildman–Crippen LogP) is 2.38. The van der Waals surface area contributed by atoms with Crippen molar-refractivity contribution in [3.05, 3.63) is 28.2 Å². The third-order valence-electron chi connectivity index (χ3n) is 2.97. The van der Waals surface area contributed by atoms with Crippen LogP contribution in [0, 0.1) is 3.95 Å². The lowest BCUT2D eigenvalue weighted by Crippen LogP contribution is -2.46. The number of hydrogen-bond acceptors (Lipinski definition) is 7. The third kappa shape index (κ3) is 4.05. The van der Waals surface area contributed by atoms with E-state index in [2.05, 4.69) is 15.5 Å². The molecule has 0 saturated carbocycles. The van der Waals surface area contributed by atoms with Crippen molar-refractivity contribution in [3.8, 4) is 0 Å². The number of nitrogens with one attached hydrogen (secondary N) is 2. The minimum atomic E-state index is -0.837. The van der Waals surface area contributed by atoms with Crippen molar-refractivity contribution in [1.82, 2.24) is 10.2 Å². The van der Waals surface area contributed by atoms with Crippen molar-refractivity contribution < 1.29 is 14.3 Å². The molecule has 1 heterocycles. The minimum Gasteiger partial charge on any atom is -0.467 e. The number of aromatic nitrogens is 2. The van der Waals surface area contributed by atoms with Crippen molar-refractivity contribution in [1.29, 1.82) is 0 Å². The quantitative estimate of drug-likeness (QED) is 0.442. The number of rotatable bonds is 4. The fraction of sp³-hybridized carbons (Fsp3) is 0.231. The SMILES string of the molecule is COC(=O)[C@H](C)N(C(=O)Nc1n[nH]c(=S)s1)c1ccc(N)cc1. The highest BCUT2D eigenvalue weighted by Crippen LogP contribution is 2.21. The van der Waals surface area contributed by atoms with E-state index in [-0.39, 0.29) is 0 Å². The first-order chi connectivity index (χ1) is 10.9. The Morgan fingerprint density at radius 1 is 1.43 bits per heavy atom. The van der Waals surface area contributed by atoms with Gasteiger partial charge in [0.25, 0.3) is 0 Å². The summed E-state index contributed by atoms with van der Waals surface area (Å²) in [4.78, 5) is 25.7. The molecule has 0 radical (unpaired) electrons. The summed E-state index contributed by atoms with van der Waals surface area (Å²) < 4.78 is 5.15. The van der Waals surface area contributed by atoms with Crippen LogP contribution in [0.15, 0.2) is 24.3 Å². The molecule has 0 aliphatic heterocycles. The Morgan fingerprint density at radius 2 is 2.09 bits per heavy atom. The highest BCUT2D eigenvalue weighted by atomic mass is 32.1. The van der Waals surface area contributed by atoms with Crippen molar-refractivity contribution in [2.75, 3.05) is 23.1 Å². The highest BCUT2D eigenvalue weighted by Gasteiger charge is 2.28. The fourth-order valence-corrected chi connectivity index (χ4v) is 2.64. The number of esters is 1. The van der Waals surface area contributed by atoms with Gasteiger partial charge in [-0.2, -0.15) is 0 Å². The van der Waals surface area contributed by atoms with Crippen molar-refractivity contribution in [3.63, 3.8) is 0 Å². The van der Waals surface area contributed by atoms with Gasteiger partial charge >= 0.3 is 12.0 Å². The lowest BCUT2D eigenvalue weighted by atomic mass is 10.2. The first-order valence-corrected chi connectivity index (χ1v) is 7.74. The van der Waals surface area contributed by atoms with Crippen LogP contribution < -0.4 is 16.0 Å². The summed E-state index contributed by atoms with van der Waals surface area (Å²) in [6, 6.07) is 5.18. The predicted molar refractivity (Wildman–Crippen MR) is 91.1 cm³/mol. The number of ether oxygens (including phenoxy) is 1. The highest BCUT2D eigenvalue weighted by molar-refractivity contribution is 7.73. The van der Waals surface area contributed by atoms with Gasteiger partial charge in [0.1, 0.15) is 6.04 Å². The Morgan fingerprint density at radius 3 is 2.61 bits per heavy atom. The van der Waals surface area contributed by atoms with Gasteiger partial charge in [-0.05, 0) is 43.4 Å². The Kier molecular flexibility index (Phi) is 5.29. The van der Waals surface area contributed by atoms with Crippen LogP contribution in [0.1, 0.15) is 6.92 Å². The molecule has 23 heavy (non-hydrogen) atoms. The number of anilines is 3. The number of nitrogens with two attached hydrogens (primary N) is 1. The third-order valence-corrected chi connectivity index (χ3v) is 3.98. The zero-order valence-corrected chi connectivity index (χ0v) is 14.0. The molecule has 0 unspecified atom stereocenters. The van der Waals surface area contributed by atoms with Crippen LogP contribution in [-0.4, -0.2) is 35.3 Å². The molecule has 0 aliphatic rings. The number of nitrogen functional groups attached to an aromatic ring is 1. The molecule has 1 aromatic heterocycles. The zero-order chi connectivity index (χ0) is 17.0. The summed E-state index contributed by atoms with van der Waals surface area (Å²) in [6.07, 6.45) is 0. The maximum atomic E-state index is 12.6. The molecule has 2 amide bonds. The molecule has 0 aliphatic carbocycles. The maximum absolute atomic E-state index is 12.6. The van der Waals surface area contributed by atoms with Gasteiger partial charge in [-0.25, -0.2) is 9.59 Å². The van der Waals surface area contributed by atoms with Crippen LogP contribution in [0.4, 0.5) is 21.3 Å². The summed E-state index contributed by atoms with van der Waals surface area (Å²) in [5.74, 6) is -0.549. The van der Waals surface area contributed by atoms with E-state index in [0.717, 1.165) is 11.3 Å². The van der Waals surface area contributed by atoms with E-state index < -0.39 is 18.0 Å². The normalized spacial score (nSPS) is 11.6. The second-order valence-electron chi connectivity index (χ2n) is 4.51. The Bertz CT molecular complexity index is 755. The summed E-state index contributed by atoms with van der Waals surface area (Å²) in [5, 5.41) is 9.33. The summed E-state index contributed by atoms with van der Waals surface area (Å²) in [6.45, 7) is 1.56. The van der Waals surface area contributed by atoms with Crippen LogP contribution >= 0.6 is 23.6 Å². The van der Waals surface area contributed by atoms with E-state index in [9.17, 15) is 9.59 Å². The molecule has 10 heteroatoms. The Hall–Kier alpha value is -2.46. The number of aromatic amines is 1. The average molecular weight is 353 g/mol. The van der Waals surface area contributed by atoms with Crippen LogP contribution in [0.25, 0.3) is 0 Å². The van der Waals surface area contributed by atoms with Crippen LogP contribution in [0.2, 0.25) is 0 Å². The number of carbonyl (C=O) groups is 2. The lowest BCUT2D eigenvalue weighted by Gasteiger charge is -2.27. The second-order valence-corrected chi connectivity index (χ2v) is 6.17.